The molecule has 0 saturated heterocycles. The molecule has 0 N–H and O–H groups in total. The van der Waals surface area contributed by atoms with Crippen LogP contribution < -0.4 is 0 Å². The largest absolute Gasteiger partial charge is 0.469 e. The van der Waals surface area contributed by atoms with Crippen molar-refractivity contribution in [2.45, 2.75) is 33.5 Å². The molecule has 0 radical (unpaired) electrons. The maximum atomic E-state index is 11.4. The molecule has 4 nitrogen and oxygen atoms in total. The molecule has 0 aromatic rings. The maximum Gasteiger partial charge on any atom is 0.337 e. The number of allylic oxidation sites excluding steroid dienone is 1. The lowest BCUT2D eigenvalue weighted by molar-refractivity contribution is -0.139. The number of hydrogen-bond acceptors (Lipinski definition) is 4. The predicted molar refractivity (Wildman–Crippen MR) is 50.4 cm³/mol. The van der Waals surface area contributed by atoms with Crippen molar-refractivity contribution in [1.82, 2.24) is 0 Å². The first-order valence-electron chi connectivity index (χ1n) is 4.84. The van der Waals surface area contributed by atoms with Gasteiger partial charge >= 0.3 is 5.97 Å². The number of carbonyl (C=O) groups is 1. The van der Waals surface area contributed by atoms with E-state index in [-0.39, 0.29) is 12.3 Å². The van der Waals surface area contributed by atoms with E-state index < -0.39 is 0 Å². The summed E-state index contributed by atoms with van der Waals surface area (Å²) in [5.74, 6) is 0.314. The van der Waals surface area contributed by atoms with Gasteiger partial charge in [0.05, 0.1) is 12.2 Å². The van der Waals surface area contributed by atoms with Gasteiger partial charge in [-0.25, -0.2) is 4.79 Å². The Balaban J connectivity index is 2.53. The van der Waals surface area contributed by atoms with Gasteiger partial charge in [-0.3, -0.25) is 0 Å². The van der Waals surface area contributed by atoms with Gasteiger partial charge in [0, 0.05) is 13.0 Å². The van der Waals surface area contributed by atoms with E-state index in [1.54, 1.807) is 13.8 Å². The molecule has 0 spiro atoms. The zero-order chi connectivity index (χ0) is 10.6. The van der Waals surface area contributed by atoms with Crippen LogP contribution in [0.25, 0.3) is 0 Å². The highest BCUT2D eigenvalue weighted by atomic mass is 16.7. The van der Waals surface area contributed by atoms with Crippen LogP contribution in [0, 0.1) is 0 Å². The highest BCUT2D eigenvalue weighted by Crippen LogP contribution is 2.26. The first-order valence-corrected chi connectivity index (χ1v) is 4.84. The Morgan fingerprint density at radius 1 is 1.50 bits per heavy atom. The van der Waals surface area contributed by atoms with Gasteiger partial charge in [-0.15, -0.1) is 0 Å². The lowest BCUT2D eigenvalue weighted by Crippen LogP contribution is -2.13. The molecule has 0 amide bonds. The first-order chi connectivity index (χ1) is 6.69. The van der Waals surface area contributed by atoms with Gasteiger partial charge in [0.1, 0.15) is 5.76 Å². The van der Waals surface area contributed by atoms with Gasteiger partial charge in [0.25, 0.3) is 0 Å². The molecule has 1 atom stereocenters. The fourth-order valence-electron chi connectivity index (χ4n) is 1.34. The number of carbonyl (C=O) groups excluding carboxylic acids is 1. The van der Waals surface area contributed by atoms with E-state index in [2.05, 4.69) is 0 Å². The van der Waals surface area contributed by atoms with Crippen LogP contribution in [0.3, 0.4) is 0 Å². The molecule has 0 aliphatic carbocycles. The second-order valence-corrected chi connectivity index (χ2v) is 2.96. The molecule has 4 heteroatoms. The summed E-state index contributed by atoms with van der Waals surface area (Å²) in [6.07, 6.45) is 0.165. The normalized spacial score (nSPS) is 20.9. The SMILES string of the molecule is CCOC(=O)C1=C(C)O[C@H](OCC)C1. The van der Waals surface area contributed by atoms with Crippen molar-refractivity contribution >= 4 is 5.97 Å². The number of hydrogen-bond donors (Lipinski definition) is 0. The quantitative estimate of drug-likeness (QED) is 0.647. The smallest absolute Gasteiger partial charge is 0.337 e. The molecule has 0 saturated carbocycles. The van der Waals surface area contributed by atoms with Gasteiger partial charge in [-0.05, 0) is 20.8 Å². The van der Waals surface area contributed by atoms with Crippen molar-refractivity contribution in [2.24, 2.45) is 0 Å². The van der Waals surface area contributed by atoms with Crippen LogP contribution in [0.1, 0.15) is 27.2 Å². The van der Waals surface area contributed by atoms with Crippen LogP contribution in [-0.2, 0) is 19.0 Å². The Morgan fingerprint density at radius 2 is 2.21 bits per heavy atom. The van der Waals surface area contributed by atoms with Crippen molar-refractivity contribution in [1.29, 1.82) is 0 Å². The van der Waals surface area contributed by atoms with Crippen molar-refractivity contribution in [2.75, 3.05) is 13.2 Å². The molecule has 0 aromatic carbocycles. The summed E-state index contributed by atoms with van der Waals surface area (Å²) in [5.41, 5.74) is 0.588. The standard InChI is InChI=1S/C10H16O4/c1-4-12-9-6-8(7(3)14-9)10(11)13-5-2/h9H,4-6H2,1-3H3/t9-/m0/s1. The van der Waals surface area contributed by atoms with Crippen LogP contribution >= 0.6 is 0 Å². The molecule has 0 aromatic heterocycles. The zero-order valence-corrected chi connectivity index (χ0v) is 8.83. The lowest BCUT2D eigenvalue weighted by Gasteiger charge is -2.10. The minimum Gasteiger partial charge on any atom is -0.469 e. The predicted octanol–water partition coefficient (Wildman–Crippen LogP) is 1.61. The van der Waals surface area contributed by atoms with E-state index in [0.717, 1.165) is 0 Å². The van der Waals surface area contributed by atoms with Crippen LogP contribution in [0.5, 0.6) is 0 Å². The third-order valence-electron chi connectivity index (χ3n) is 1.98. The zero-order valence-electron chi connectivity index (χ0n) is 8.83. The Labute approximate surface area is 83.8 Å². The minimum absolute atomic E-state index is 0.299. The van der Waals surface area contributed by atoms with E-state index in [9.17, 15) is 4.79 Å². The molecule has 0 bridgehead atoms. The molecule has 0 fully saturated rings. The minimum atomic E-state index is -0.320. The molecule has 1 aliphatic heterocycles. The van der Waals surface area contributed by atoms with Gasteiger partial charge < -0.3 is 14.2 Å². The molecular weight excluding hydrogens is 184 g/mol. The molecule has 1 heterocycles. The van der Waals surface area contributed by atoms with Crippen molar-refractivity contribution in [3.05, 3.63) is 11.3 Å². The van der Waals surface area contributed by atoms with Gasteiger partial charge in [-0.2, -0.15) is 0 Å². The van der Waals surface area contributed by atoms with Crippen LogP contribution in [0.4, 0.5) is 0 Å². The van der Waals surface area contributed by atoms with Crippen LogP contribution in [0.15, 0.2) is 11.3 Å². The monoisotopic (exact) mass is 200 g/mol. The highest BCUT2D eigenvalue weighted by Gasteiger charge is 2.28. The first kappa shape index (κ1) is 11.0. The summed E-state index contributed by atoms with van der Waals surface area (Å²) in [6, 6.07) is 0. The van der Waals surface area contributed by atoms with Crippen molar-refractivity contribution in [3.8, 4) is 0 Å². The number of ether oxygens (including phenoxy) is 3. The lowest BCUT2D eigenvalue weighted by atomic mass is 10.2. The number of rotatable bonds is 4. The maximum absolute atomic E-state index is 11.4. The average Bonchev–Trinajstić information content (AvgIpc) is 2.48. The summed E-state index contributed by atoms with van der Waals surface area (Å²) < 4.78 is 15.5. The van der Waals surface area contributed by atoms with Crippen molar-refractivity contribution in [3.63, 3.8) is 0 Å². The second kappa shape index (κ2) is 5.00. The van der Waals surface area contributed by atoms with E-state index in [1.165, 1.54) is 0 Å². The van der Waals surface area contributed by atoms with E-state index >= 15 is 0 Å². The Hall–Kier alpha value is -1.03. The van der Waals surface area contributed by atoms with Crippen molar-refractivity contribution < 1.29 is 19.0 Å². The fourth-order valence-corrected chi connectivity index (χ4v) is 1.34. The summed E-state index contributed by atoms with van der Waals surface area (Å²) >= 11 is 0. The third-order valence-corrected chi connectivity index (χ3v) is 1.98. The van der Waals surface area contributed by atoms with E-state index in [4.69, 9.17) is 14.2 Å². The average molecular weight is 200 g/mol. The van der Waals surface area contributed by atoms with E-state index in [0.29, 0.717) is 31.0 Å². The Bertz CT molecular complexity index is 245. The van der Waals surface area contributed by atoms with Crippen LogP contribution in [-0.4, -0.2) is 25.5 Å². The fraction of sp³-hybridized carbons (Fsp3) is 0.700. The van der Waals surface area contributed by atoms with Gasteiger partial charge in [0.15, 0.2) is 0 Å². The molecule has 14 heavy (non-hydrogen) atoms. The summed E-state index contributed by atoms with van der Waals surface area (Å²) in [5, 5.41) is 0. The van der Waals surface area contributed by atoms with E-state index in [1.807, 2.05) is 6.92 Å². The summed E-state index contributed by atoms with van der Waals surface area (Å²) in [7, 11) is 0. The number of esters is 1. The van der Waals surface area contributed by atoms with Gasteiger partial charge in [0.2, 0.25) is 6.29 Å². The summed E-state index contributed by atoms with van der Waals surface area (Å²) in [4.78, 5) is 11.4. The Kier molecular flexibility index (Phi) is 3.95. The molecular formula is C10H16O4. The molecule has 80 valence electrons. The molecule has 1 aliphatic rings. The topological polar surface area (TPSA) is 44.8 Å². The van der Waals surface area contributed by atoms with Crippen LogP contribution in [0.2, 0.25) is 0 Å². The Morgan fingerprint density at radius 3 is 2.79 bits per heavy atom. The molecule has 0 unspecified atom stereocenters. The highest BCUT2D eigenvalue weighted by molar-refractivity contribution is 5.89. The molecule has 1 rings (SSSR count). The summed E-state index contributed by atoms with van der Waals surface area (Å²) in [6.45, 7) is 6.39. The van der Waals surface area contributed by atoms with Gasteiger partial charge in [-0.1, -0.05) is 0 Å². The third kappa shape index (κ3) is 2.48. The second-order valence-electron chi connectivity index (χ2n) is 2.96.